The van der Waals surface area contributed by atoms with Crippen LogP contribution in [0.1, 0.15) is 6.92 Å². The van der Waals surface area contributed by atoms with E-state index in [1.54, 1.807) is 21.3 Å². The van der Waals surface area contributed by atoms with Gasteiger partial charge >= 0.3 is 7.94 Å². The number of hydrogen-bond donors (Lipinski definition) is 1. The van der Waals surface area contributed by atoms with Crippen LogP contribution < -0.4 is 0 Å². The molecule has 9 heteroatoms. The van der Waals surface area contributed by atoms with Crippen molar-refractivity contribution in [2.24, 2.45) is 0 Å². The predicted octanol–water partition coefficient (Wildman–Crippen LogP) is 0.713. The van der Waals surface area contributed by atoms with E-state index in [0.29, 0.717) is 0 Å². The Morgan fingerprint density at radius 3 is 1.43 bits per heavy atom. The third-order valence-corrected chi connectivity index (χ3v) is 3.67. The molecule has 0 amide bonds. The van der Waals surface area contributed by atoms with E-state index in [2.05, 4.69) is 0 Å². The van der Waals surface area contributed by atoms with Crippen molar-refractivity contribution in [3.63, 3.8) is 0 Å². The van der Waals surface area contributed by atoms with Crippen LogP contribution in [0.3, 0.4) is 0 Å². The molecular formula is C5H15O7PS. The van der Waals surface area contributed by atoms with Crippen LogP contribution in [0, 0.1) is 0 Å². The van der Waals surface area contributed by atoms with Gasteiger partial charge in [-0.05, 0) is 6.92 Å². The van der Waals surface area contributed by atoms with Crippen LogP contribution in [0.15, 0.2) is 0 Å². The fourth-order valence-corrected chi connectivity index (χ4v) is 1.83. The summed E-state index contributed by atoms with van der Waals surface area (Å²) in [6, 6.07) is 0. The molecule has 0 unspecified atom stereocenters. The lowest BCUT2D eigenvalue weighted by Crippen LogP contribution is -2.02. The Morgan fingerprint density at radius 1 is 1.21 bits per heavy atom. The standard InChI is InChI=1S/C5H14O3P.H2O4S/c1-5-9(6-2,7-3)8-4;1-5(2,3)4/h5H2,1-4H3;(H2,1,2,3,4)/q+1;/p-1. The minimum Gasteiger partial charge on any atom is -0.726 e. The molecule has 1 N–H and O–H groups in total. The van der Waals surface area contributed by atoms with Gasteiger partial charge in [0.2, 0.25) is 10.4 Å². The first kappa shape index (κ1) is 16.6. The second-order valence-corrected chi connectivity index (χ2v) is 5.71. The molecule has 0 rings (SSSR count). The molecule has 7 nitrogen and oxygen atoms in total. The van der Waals surface area contributed by atoms with E-state index < -0.39 is 18.3 Å². The first-order valence-electron chi connectivity index (χ1n) is 3.48. The van der Waals surface area contributed by atoms with Crippen molar-refractivity contribution >= 4 is 18.3 Å². The summed E-state index contributed by atoms with van der Waals surface area (Å²) in [4.78, 5) is 0. The average Bonchev–Trinajstić information content (AvgIpc) is 2.07. The van der Waals surface area contributed by atoms with E-state index >= 15 is 0 Å². The number of hydrogen-bond acceptors (Lipinski definition) is 6. The third kappa shape index (κ3) is 10.3. The molecule has 0 aromatic heterocycles. The van der Waals surface area contributed by atoms with Gasteiger partial charge in [0.25, 0.3) is 0 Å². The van der Waals surface area contributed by atoms with Crippen molar-refractivity contribution in [3.8, 4) is 0 Å². The monoisotopic (exact) mass is 250 g/mol. The highest BCUT2D eigenvalue weighted by Crippen LogP contribution is 2.59. The lowest BCUT2D eigenvalue weighted by atomic mass is 11.0. The lowest BCUT2D eigenvalue weighted by molar-refractivity contribution is 0.212. The summed E-state index contributed by atoms with van der Waals surface area (Å²) in [6.07, 6.45) is 0.788. The van der Waals surface area contributed by atoms with E-state index in [4.69, 9.17) is 31.1 Å². The maximum Gasteiger partial charge on any atom is 0.410 e. The average molecular weight is 250 g/mol. The SMILES string of the molecule is CC[P+](OC)(OC)OC.O=S(=O)([O-])O. The molecule has 0 saturated carbocycles. The Bertz CT molecular complexity index is 197. The molecule has 0 atom stereocenters. The van der Waals surface area contributed by atoms with Crippen molar-refractivity contribution < 1.29 is 31.1 Å². The van der Waals surface area contributed by atoms with Crippen LogP contribution in [-0.4, -0.2) is 45.0 Å². The van der Waals surface area contributed by atoms with E-state index in [1.165, 1.54) is 0 Å². The van der Waals surface area contributed by atoms with E-state index in [-0.39, 0.29) is 0 Å². The highest BCUT2D eigenvalue weighted by molar-refractivity contribution is 7.79. The van der Waals surface area contributed by atoms with Gasteiger partial charge in [0, 0.05) is 0 Å². The van der Waals surface area contributed by atoms with Crippen molar-refractivity contribution in [1.29, 1.82) is 0 Å². The first-order chi connectivity index (χ1) is 6.24. The molecular weight excluding hydrogens is 235 g/mol. The molecule has 14 heavy (non-hydrogen) atoms. The molecule has 0 spiro atoms. The summed E-state index contributed by atoms with van der Waals surface area (Å²) in [6.45, 7) is 1.98. The van der Waals surface area contributed by atoms with Gasteiger partial charge in [0.1, 0.15) is 6.16 Å². The minimum atomic E-state index is -4.92. The van der Waals surface area contributed by atoms with Gasteiger partial charge in [-0.2, -0.15) is 13.6 Å². The Kier molecular flexibility index (Phi) is 8.86. The van der Waals surface area contributed by atoms with Gasteiger partial charge in [0.15, 0.2) is 0 Å². The summed E-state index contributed by atoms with van der Waals surface area (Å²) in [7, 11) is -2.03. The van der Waals surface area contributed by atoms with Crippen molar-refractivity contribution in [2.45, 2.75) is 6.92 Å². The van der Waals surface area contributed by atoms with Crippen molar-refractivity contribution in [1.82, 2.24) is 0 Å². The van der Waals surface area contributed by atoms with E-state index in [9.17, 15) is 0 Å². The molecule has 0 saturated heterocycles. The van der Waals surface area contributed by atoms with Gasteiger partial charge in [-0.1, -0.05) is 0 Å². The fourth-order valence-electron chi connectivity index (χ4n) is 0.611. The highest BCUT2D eigenvalue weighted by Gasteiger charge is 2.38. The molecule has 0 fully saturated rings. The zero-order valence-electron chi connectivity index (χ0n) is 8.46. The maximum atomic E-state index is 8.63. The summed E-state index contributed by atoms with van der Waals surface area (Å²) >= 11 is 0. The van der Waals surface area contributed by atoms with Crippen LogP contribution >= 0.6 is 7.94 Å². The second kappa shape index (κ2) is 7.47. The second-order valence-electron chi connectivity index (χ2n) is 1.90. The van der Waals surface area contributed by atoms with Crippen LogP contribution in [0.5, 0.6) is 0 Å². The maximum absolute atomic E-state index is 8.63. The molecule has 0 heterocycles. The van der Waals surface area contributed by atoms with Gasteiger partial charge < -0.3 is 4.55 Å². The molecule has 88 valence electrons. The topological polar surface area (TPSA) is 105 Å². The lowest BCUT2D eigenvalue weighted by Gasteiger charge is -2.14. The Morgan fingerprint density at radius 2 is 1.43 bits per heavy atom. The first-order valence-corrected chi connectivity index (χ1v) is 6.57. The Labute approximate surface area is 84.5 Å². The normalized spacial score (nSPS) is 11.9. The van der Waals surface area contributed by atoms with Crippen LogP contribution in [-0.2, 0) is 24.0 Å². The van der Waals surface area contributed by atoms with Crippen molar-refractivity contribution in [2.75, 3.05) is 27.5 Å². The van der Waals surface area contributed by atoms with Crippen molar-refractivity contribution in [3.05, 3.63) is 0 Å². The zero-order chi connectivity index (χ0) is 11.8. The quantitative estimate of drug-likeness (QED) is 0.445. The van der Waals surface area contributed by atoms with Crippen LogP contribution in [0.25, 0.3) is 0 Å². The molecule has 0 aliphatic heterocycles. The predicted molar refractivity (Wildman–Crippen MR) is 50.8 cm³/mol. The summed E-state index contributed by atoms with van der Waals surface area (Å²) in [5.41, 5.74) is 0. The summed E-state index contributed by atoms with van der Waals surface area (Å²) < 4.78 is 48.0. The van der Waals surface area contributed by atoms with Gasteiger partial charge in [-0.3, -0.25) is 4.55 Å². The van der Waals surface area contributed by atoms with Gasteiger partial charge in [-0.15, -0.1) is 0 Å². The van der Waals surface area contributed by atoms with Crippen LogP contribution in [0.4, 0.5) is 0 Å². The largest absolute Gasteiger partial charge is 0.726 e. The fraction of sp³-hybridized carbons (Fsp3) is 1.00. The van der Waals surface area contributed by atoms with Gasteiger partial charge in [0.05, 0.1) is 21.3 Å². The molecule has 0 aromatic rings. The van der Waals surface area contributed by atoms with E-state index in [1.807, 2.05) is 6.92 Å². The number of rotatable bonds is 4. The smallest absolute Gasteiger partial charge is 0.410 e. The molecule has 0 radical (unpaired) electrons. The summed E-state index contributed by atoms with van der Waals surface area (Å²) in [5.74, 6) is 0. The highest BCUT2D eigenvalue weighted by atomic mass is 32.3. The molecule has 0 aromatic carbocycles. The zero-order valence-corrected chi connectivity index (χ0v) is 10.2. The molecule has 0 bridgehead atoms. The van der Waals surface area contributed by atoms with Crippen LogP contribution in [0.2, 0.25) is 0 Å². The molecule has 0 aliphatic carbocycles. The summed E-state index contributed by atoms with van der Waals surface area (Å²) in [5, 5.41) is 0. The minimum absolute atomic E-state index is 0.788. The van der Waals surface area contributed by atoms with E-state index in [0.717, 1.165) is 6.16 Å². The molecule has 0 aliphatic rings. The van der Waals surface area contributed by atoms with Gasteiger partial charge in [-0.25, -0.2) is 8.42 Å². The Hall–Kier alpha value is 0.180. The third-order valence-electron chi connectivity index (χ3n) is 1.22. The Balaban J connectivity index is 0.